The molecule has 1 aliphatic heterocycles. The van der Waals surface area contributed by atoms with Crippen LogP contribution in [0.25, 0.3) is 0 Å². The molecule has 1 fully saturated rings. The van der Waals surface area contributed by atoms with Crippen molar-refractivity contribution in [3.05, 3.63) is 0 Å². The van der Waals surface area contributed by atoms with Crippen molar-refractivity contribution < 1.29 is 9.59 Å². The first-order chi connectivity index (χ1) is 5.34. The summed E-state index contributed by atoms with van der Waals surface area (Å²) in [5.74, 6) is 0.162. The third kappa shape index (κ3) is 1.65. The van der Waals surface area contributed by atoms with Gasteiger partial charge in [-0.2, -0.15) is 0 Å². The summed E-state index contributed by atoms with van der Waals surface area (Å²) in [6.45, 7) is 7.74. The van der Waals surface area contributed by atoms with E-state index in [4.69, 9.17) is 0 Å². The Kier molecular flexibility index (Phi) is 1.98. The molecule has 0 aliphatic carbocycles. The predicted molar refractivity (Wildman–Crippen MR) is 45.6 cm³/mol. The van der Waals surface area contributed by atoms with Crippen LogP contribution in [0.4, 0.5) is 0 Å². The van der Waals surface area contributed by atoms with Gasteiger partial charge in [0.1, 0.15) is 6.04 Å². The van der Waals surface area contributed by atoms with E-state index in [1.165, 1.54) is 6.92 Å². The third-order valence-corrected chi connectivity index (χ3v) is 1.98. The lowest BCUT2D eigenvalue weighted by Gasteiger charge is -2.17. The Hall–Kier alpha value is -0.860. The summed E-state index contributed by atoms with van der Waals surface area (Å²) >= 11 is 0. The highest BCUT2D eigenvalue weighted by Gasteiger charge is 2.45. The van der Waals surface area contributed by atoms with Crippen LogP contribution in [-0.4, -0.2) is 29.2 Å². The lowest BCUT2D eigenvalue weighted by atomic mass is 9.96. The van der Waals surface area contributed by atoms with E-state index < -0.39 is 0 Å². The SMILES string of the molecule is CC(=O)[C@@H]1CN1C(=O)C(C)(C)C. The van der Waals surface area contributed by atoms with Crippen LogP contribution in [0.1, 0.15) is 27.7 Å². The highest BCUT2D eigenvalue weighted by molar-refractivity contribution is 5.94. The Bertz CT molecular complexity index is 227. The van der Waals surface area contributed by atoms with Crippen LogP contribution in [0.5, 0.6) is 0 Å². The van der Waals surface area contributed by atoms with E-state index in [-0.39, 0.29) is 23.1 Å². The van der Waals surface area contributed by atoms with Gasteiger partial charge in [0.15, 0.2) is 5.78 Å². The van der Waals surface area contributed by atoms with Crippen LogP contribution in [-0.2, 0) is 9.59 Å². The molecule has 3 heteroatoms. The number of amides is 1. The minimum Gasteiger partial charge on any atom is -0.328 e. The number of carbonyl (C=O) groups is 2. The summed E-state index contributed by atoms with van der Waals surface area (Å²) in [4.78, 5) is 24.0. The zero-order valence-corrected chi connectivity index (χ0v) is 8.05. The molecular weight excluding hydrogens is 154 g/mol. The molecule has 0 radical (unpaired) electrons. The molecule has 1 atom stereocenters. The first-order valence-electron chi connectivity index (χ1n) is 4.15. The highest BCUT2D eigenvalue weighted by atomic mass is 16.2. The van der Waals surface area contributed by atoms with Gasteiger partial charge in [-0.1, -0.05) is 20.8 Å². The van der Waals surface area contributed by atoms with Crippen molar-refractivity contribution in [3.8, 4) is 0 Å². The van der Waals surface area contributed by atoms with Gasteiger partial charge in [0.2, 0.25) is 5.91 Å². The molecule has 0 aromatic rings. The van der Waals surface area contributed by atoms with Gasteiger partial charge in [-0.05, 0) is 6.92 Å². The maximum absolute atomic E-state index is 11.5. The zero-order chi connectivity index (χ0) is 9.52. The van der Waals surface area contributed by atoms with E-state index >= 15 is 0 Å². The number of hydrogen-bond donors (Lipinski definition) is 0. The maximum atomic E-state index is 11.5. The number of hydrogen-bond acceptors (Lipinski definition) is 2. The Morgan fingerprint density at radius 3 is 2.08 bits per heavy atom. The molecule has 0 aromatic heterocycles. The monoisotopic (exact) mass is 169 g/mol. The number of rotatable bonds is 1. The van der Waals surface area contributed by atoms with Crippen LogP contribution in [0.2, 0.25) is 0 Å². The molecule has 0 aromatic carbocycles. The van der Waals surface area contributed by atoms with E-state index in [1.807, 2.05) is 20.8 Å². The van der Waals surface area contributed by atoms with Crippen molar-refractivity contribution in [1.29, 1.82) is 0 Å². The van der Waals surface area contributed by atoms with Crippen molar-refractivity contribution in [2.24, 2.45) is 5.41 Å². The Balaban J connectivity index is 2.55. The van der Waals surface area contributed by atoms with Crippen molar-refractivity contribution in [1.82, 2.24) is 4.90 Å². The van der Waals surface area contributed by atoms with Gasteiger partial charge >= 0.3 is 0 Å². The molecule has 0 N–H and O–H groups in total. The van der Waals surface area contributed by atoms with Crippen molar-refractivity contribution in [3.63, 3.8) is 0 Å². The first-order valence-corrected chi connectivity index (χ1v) is 4.15. The summed E-state index contributed by atoms with van der Waals surface area (Å²) in [5.41, 5.74) is -0.357. The summed E-state index contributed by atoms with van der Waals surface area (Å²) in [6, 6.07) is -0.128. The van der Waals surface area contributed by atoms with Gasteiger partial charge in [-0.3, -0.25) is 9.59 Å². The van der Waals surface area contributed by atoms with Gasteiger partial charge in [-0.15, -0.1) is 0 Å². The summed E-state index contributed by atoms with van der Waals surface area (Å²) < 4.78 is 0. The molecule has 1 rings (SSSR count). The minimum absolute atomic E-state index is 0.0719. The van der Waals surface area contributed by atoms with E-state index in [2.05, 4.69) is 0 Å². The number of nitrogens with zero attached hydrogens (tertiary/aromatic N) is 1. The highest BCUT2D eigenvalue weighted by Crippen LogP contribution is 2.27. The van der Waals surface area contributed by atoms with Crippen molar-refractivity contribution in [2.75, 3.05) is 6.54 Å². The topological polar surface area (TPSA) is 37.1 Å². The van der Waals surface area contributed by atoms with Gasteiger partial charge in [0.25, 0.3) is 0 Å². The summed E-state index contributed by atoms with van der Waals surface area (Å²) in [7, 11) is 0. The molecular formula is C9H15NO2. The van der Waals surface area contributed by atoms with Crippen LogP contribution in [0.3, 0.4) is 0 Å². The maximum Gasteiger partial charge on any atom is 0.228 e. The summed E-state index contributed by atoms with van der Waals surface area (Å²) in [5, 5.41) is 0. The van der Waals surface area contributed by atoms with E-state index in [0.29, 0.717) is 6.54 Å². The molecule has 0 unspecified atom stereocenters. The molecule has 3 nitrogen and oxygen atoms in total. The van der Waals surface area contributed by atoms with E-state index in [1.54, 1.807) is 4.90 Å². The zero-order valence-electron chi connectivity index (χ0n) is 8.05. The lowest BCUT2D eigenvalue weighted by molar-refractivity contribution is -0.135. The average molecular weight is 169 g/mol. The van der Waals surface area contributed by atoms with Crippen LogP contribution in [0, 0.1) is 5.41 Å². The first kappa shape index (κ1) is 9.23. The van der Waals surface area contributed by atoms with Crippen molar-refractivity contribution >= 4 is 11.7 Å². The van der Waals surface area contributed by atoms with Gasteiger partial charge < -0.3 is 4.90 Å². The number of carbonyl (C=O) groups excluding carboxylic acids is 2. The second-order valence-corrected chi connectivity index (χ2v) is 4.33. The molecule has 1 heterocycles. The third-order valence-electron chi connectivity index (χ3n) is 1.98. The number of Topliss-reactive ketones (excluding diaryl/α,β-unsaturated/α-hetero) is 1. The fourth-order valence-electron chi connectivity index (χ4n) is 1.14. The van der Waals surface area contributed by atoms with Crippen LogP contribution >= 0.6 is 0 Å². The second-order valence-electron chi connectivity index (χ2n) is 4.33. The normalized spacial score (nSPS) is 22.3. The molecule has 1 saturated heterocycles. The smallest absolute Gasteiger partial charge is 0.228 e. The average Bonchev–Trinajstić information content (AvgIpc) is 2.61. The Labute approximate surface area is 72.7 Å². The second kappa shape index (κ2) is 2.57. The Morgan fingerprint density at radius 1 is 1.33 bits per heavy atom. The molecule has 12 heavy (non-hydrogen) atoms. The predicted octanol–water partition coefficient (Wildman–Crippen LogP) is 0.832. The molecule has 0 spiro atoms. The number of ketones is 1. The molecule has 0 saturated carbocycles. The van der Waals surface area contributed by atoms with Gasteiger partial charge in [-0.25, -0.2) is 0 Å². The van der Waals surface area contributed by atoms with E-state index in [9.17, 15) is 9.59 Å². The molecule has 68 valence electrons. The van der Waals surface area contributed by atoms with Crippen molar-refractivity contribution in [2.45, 2.75) is 33.7 Å². The minimum atomic E-state index is -0.357. The van der Waals surface area contributed by atoms with Crippen LogP contribution < -0.4 is 0 Å². The van der Waals surface area contributed by atoms with E-state index in [0.717, 1.165) is 0 Å². The summed E-state index contributed by atoms with van der Waals surface area (Å²) in [6.07, 6.45) is 0. The largest absolute Gasteiger partial charge is 0.328 e. The Morgan fingerprint density at radius 2 is 1.83 bits per heavy atom. The van der Waals surface area contributed by atoms with Gasteiger partial charge in [0.05, 0.1) is 0 Å². The quantitative estimate of drug-likeness (QED) is 0.545. The lowest BCUT2D eigenvalue weighted by Crippen LogP contribution is -2.29. The standard InChI is InChI=1S/C9H15NO2/c1-6(11)7-5-10(7)8(12)9(2,3)4/h7H,5H2,1-4H3/t7-,10?/m0/s1. The fourth-order valence-corrected chi connectivity index (χ4v) is 1.14. The van der Waals surface area contributed by atoms with Crippen LogP contribution in [0.15, 0.2) is 0 Å². The van der Waals surface area contributed by atoms with Gasteiger partial charge in [0, 0.05) is 12.0 Å². The fraction of sp³-hybridized carbons (Fsp3) is 0.778. The molecule has 1 amide bonds. The molecule has 1 aliphatic rings. The molecule has 0 bridgehead atoms.